The molecule has 9 heteroatoms. The van der Waals surface area contributed by atoms with Gasteiger partial charge in [-0.15, -0.1) is 0 Å². The van der Waals surface area contributed by atoms with Crippen molar-refractivity contribution in [3.63, 3.8) is 0 Å². The highest BCUT2D eigenvalue weighted by atomic mass is 31.2. The van der Waals surface area contributed by atoms with Crippen molar-refractivity contribution < 1.29 is 32.9 Å². The summed E-state index contributed by atoms with van der Waals surface area (Å²) in [4.78, 5) is 23.4. The molecule has 0 spiro atoms. The second-order valence-electron chi connectivity index (χ2n) is 23.1. The van der Waals surface area contributed by atoms with Crippen LogP contribution in [-0.2, 0) is 18.4 Å². The third kappa shape index (κ3) is 56.7. The summed E-state index contributed by atoms with van der Waals surface area (Å²) in [5.41, 5.74) is 0. The van der Waals surface area contributed by atoms with Crippen molar-refractivity contribution in [2.24, 2.45) is 0 Å². The van der Waals surface area contributed by atoms with Crippen molar-refractivity contribution in [2.45, 2.75) is 334 Å². The van der Waals surface area contributed by atoms with Gasteiger partial charge in [-0.05, 0) is 44.9 Å². The highest BCUT2D eigenvalue weighted by Crippen LogP contribution is 2.43. The van der Waals surface area contributed by atoms with Gasteiger partial charge in [-0.25, -0.2) is 4.57 Å². The number of likely N-dealkylation sites (N-methyl/N-ethyl adjacent to an activating group) is 1. The van der Waals surface area contributed by atoms with Gasteiger partial charge in [0.1, 0.15) is 13.2 Å². The van der Waals surface area contributed by atoms with Crippen LogP contribution in [0.5, 0.6) is 0 Å². The van der Waals surface area contributed by atoms with Crippen LogP contribution in [0.25, 0.3) is 0 Å². The smallest absolute Gasteiger partial charge is 0.391 e. The fourth-order valence-electron chi connectivity index (χ4n) is 9.73. The summed E-state index contributed by atoms with van der Waals surface area (Å²) < 4.78 is 23.8. The Morgan fingerprint density at radius 2 is 0.792 bits per heavy atom. The van der Waals surface area contributed by atoms with Gasteiger partial charge in [0.25, 0.3) is 0 Å². The van der Waals surface area contributed by atoms with E-state index in [0.29, 0.717) is 23.9 Å². The van der Waals surface area contributed by atoms with E-state index < -0.39 is 20.0 Å². The van der Waals surface area contributed by atoms with Gasteiger partial charge in [0.15, 0.2) is 0 Å². The van der Waals surface area contributed by atoms with Crippen LogP contribution in [0.2, 0.25) is 0 Å². The number of nitrogens with zero attached hydrogens (tertiary/aromatic N) is 1. The molecule has 0 aliphatic rings. The molecule has 0 saturated heterocycles. The Morgan fingerprint density at radius 1 is 0.472 bits per heavy atom. The van der Waals surface area contributed by atoms with Gasteiger partial charge in [0, 0.05) is 6.42 Å². The Balaban J connectivity index is 4.02. The van der Waals surface area contributed by atoms with Crippen LogP contribution in [0.1, 0.15) is 322 Å². The lowest BCUT2D eigenvalue weighted by molar-refractivity contribution is -0.870. The maximum absolute atomic E-state index is 13.0. The lowest BCUT2D eigenvalue weighted by atomic mass is 10.0. The average molecular weight is 1040 g/mol. The van der Waals surface area contributed by atoms with Gasteiger partial charge in [-0.1, -0.05) is 295 Å². The van der Waals surface area contributed by atoms with Crippen LogP contribution in [-0.4, -0.2) is 73.4 Å². The first-order chi connectivity index (χ1) is 35.0. The standard InChI is InChI=1S/C63H125N2O6P/c1-6-8-10-12-14-16-18-20-22-24-26-27-28-29-30-31-32-33-34-35-36-37-38-39-40-42-44-46-48-50-52-54-56-62(66)61(60-71-72(68,69)70-59-58-65(3,4)5)64-63(67)57-55-53-51-49-47-45-43-41-25-23-21-19-17-15-13-11-9-7-2/h17,19,23,25,61-62,66H,6-16,18,20-22,24,26-60H2,1-5H3,(H-,64,67,68,69)/p+1/b19-17-,25-23-. The molecule has 0 bridgehead atoms. The number of quaternary nitrogens is 1. The van der Waals surface area contributed by atoms with Crippen LogP contribution in [0.3, 0.4) is 0 Å². The third-order valence-corrected chi connectivity index (χ3v) is 15.7. The number of amides is 1. The summed E-state index contributed by atoms with van der Waals surface area (Å²) in [5, 5.41) is 14.1. The molecular formula is C63H126N2O6P+. The van der Waals surface area contributed by atoms with Crippen LogP contribution >= 0.6 is 7.82 Å². The first kappa shape index (κ1) is 71.0. The molecule has 0 aromatic carbocycles. The number of unbranched alkanes of at least 4 members (excludes halogenated alkanes) is 42. The van der Waals surface area contributed by atoms with Gasteiger partial charge in [0.2, 0.25) is 5.91 Å². The van der Waals surface area contributed by atoms with Crippen LogP contribution in [0, 0.1) is 0 Å². The first-order valence-corrected chi connectivity index (χ1v) is 33.2. The maximum atomic E-state index is 13.0. The van der Waals surface area contributed by atoms with Gasteiger partial charge >= 0.3 is 7.82 Å². The normalized spacial score (nSPS) is 13.9. The summed E-state index contributed by atoms with van der Waals surface area (Å²) in [7, 11) is 1.62. The molecule has 0 heterocycles. The van der Waals surface area contributed by atoms with E-state index in [-0.39, 0.29) is 19.1 Å². The Bertz CT molecular complexity index is 1220. The van der Waals surface area contributed by atoms with E-state index in [1.165, 1.54) is 244 Å². The second-order valence-corrected chi connectivity index (χ2v) is 24.6. The molecule has 1 amide bonds. The zero-order valence-corrected chi connectivity index (χ0v) is 49.8. The second kappa shape index (κ2) is 54.8. The molecule has 8 nitrogen and oxygen atoms in total. The highest BCUT2D eigenvalue weighted by molar-refractivity contribution is 7.47. The van der Waals surface area contributed by atoms with E-state index in [9.17, 15) is 19.4 Å². The fraction of sp³-hybridized carbons (Fsp3) is 0.921. The Morgan fingerprint density at radius 3 is 1.15 bits per heavy atom. The van der Waals surface area contributed by atoms with Gasteiger partial charge < -0.3 is 19.8 Å². The van der Waals surface area contributed by atoms with E-state index in [4.69, 9.17) is 9.05 Å². The molecule has 0 aliphatic carbocycles. The monoisotopic (exact) mass is 1040 g/mol. The van der Waals surface area contributed by atoms with Crippen molar-refractivity contribution in [1.82, 2.24) is 5.32 Å². The first-order valence-electron chi connectivity index (χ1n) is 31.7. The van der Waals surface area contributed by atoms with Crippen molar-refractivity contribution in [3.05, 3.63) is 24.3 Å². The molecule has 0 aliphatic heterocycles. The third-order valence-electron chi connectivity index (χ3n) is 14.7. The van der Waals surface area contributed by atoms with E-state index in [0.717, 1.165) is 51.4 Å². The summed E-state index contributed by atoms with van der Waals surface area (Å²) in [5.74, 6) is -0.148. The van der Waals surface area contributed by atoms with Crippen molar-refractivity contribution in [3.8, 4) is 0 Å². The van der Waals surface area contributed by atoms with E-state index >= 15 is 0 Å². The van der Waals surface area contributed by atoms with Gasteiger partial charge in [-0.3, -0.25) is 13.8 Å². The quantitative estimate of drug-likeness (QED) is 0.0243. The minimum absolute atomic E-state index is 0.0742. The SMILES string of the molecule is CCCCCC/C=C\C/C=C\CCCCCCCCCC(=O)NC(COP(=O)(O)OCC[N+](C)(C)C)C(O)CCCCCCCCCCCCCCCCCCCCCCCCCCCCCCCCCC. The van der Waals surface area contributed by atoms with E-state index in [2.05, 4.69) is 43.5 Å². The number of nitrogens with one attached hydrogen (secondary N) is 1. The Kier molecular flexibility index (Phi) is 54.0. The molecule has 0 radical (unpaired) electrons. The summed E-state index contributed by atoms with van der Waals surface area (Å²) in [6.07, 6.45) is 69.8. The minimum Gasteiger partial charge on any atom is -0.391 e. The molecule has 3 atom stereocenters. The molecule has 428 valence electrons. The van der Waals surface area contributed by atoms with Crippen molar-refractivity contribution >= 4 is 13.7 Å². The van der Waals surface area contributed by atoms with Crippen LogP contribution in [0.4, 0.5) is 0 Å². The number of phosphoric acid groups is 1. The summed E-state index contributed by atoms with van der Waals surface area (Å²) in [6, 6.07) is -0.765. The lowest BCUT2D eigenvalue weighted by Gasteiger charge is -2.26. The highest BCUT2D eigenvalue weighted by Gasteiger charge is 2.28. The van der Waals surface area contributed by atoms with Crippen molar-refractivity contribution in [1.29, 1.82) is 0 Å². The van der Waals surface area contributed by atoms with Gasteiger partial charge in [0.05, 0.1) is 39.9 Å². The molecule has 0 saturated carbocycles. The molecule has 0 aromatic heterocycles. The van der Waals surface area contributed by atoms with Crippen LogP contribution in [0.15, 0.2) is 24.3 Å². The molecule has 72 heavy (non-hydrogen) atoms. The van der Waals surface area contributed by atoms with E-state index in [1.807, 2.05) is 21.1 Å². The summed E-state index contributed by atoms with van der Waals surface area (Å²) >= 11 is 0. The molecule has 0 rings (SSSR count). The van der Waals surface area contributed by atoms with E-state index in [1.54, 1.807) is 0 Å². The Hall–Kier alpha value is -1.02. The predicted octanol–water partition coefficient (Wildman–Crippen LogP) is 19.5. The largest absolute Gasteiger partial charge is 0.472 e. The van der Waals surface area contributed by atoms with Gasteiger partial charge in [-0.2, -0.15) is 0 Å². The number of rotatable bonds is 59. The zero-order chi connectivity index (χ0) is 52.7. The number of allylic oxidation sites excluding steroid dienone is 4. The molecular weight excluding hydrogens is 912 g/mol. The minimum atomic E-state index is -4.33. The Labute approximate surface area is 449 Å². The molecule has 0 fully saturated rings. The topological polar surface area (TPSA) is 105 Å². The number of carbonyl (C=O) groups is 1. The number of aliphatic hydroxyl groups is 1. The predicted molar refractivity (Wildman–Crippen MR) is 314 cm³/mol. The number of hydrogen-bond acceptors (Lipinski definition) is 5. The zero-order valence-electron chi connectivity index (χ0n) is 48.9. The number of phosphoric ester groups is 1. The van der Waals surface area contributed by atoms with Crippen molar-refractivity contribution in [2.75, 3.05) is 40.9 Å². The number of hydrogen-bond donors (Lipinski definition) is 3. The molecule has 3 unspecified atom stereocenters. The average Bonchev–Trinajstić information content (AvgIpc) is 3.34. The maximum Gasteiger partial charge on any atom is 0.472 e. The number of carbonyl (C=O) groups excluding carboxylic acids is 1. The fourth-order valence-corrected chi connectivity index (χ4v) is 10.5. The number of aliphatic hydroxyl groups excluding tert-OH is 1. The van der Waals surface area contributed by atoms with Crippen LogP contribution < -0.4 is 5.32 Å². The molecule has 3 N–H and O–H groups in total. The summed E-state index contributed by atoms with van der Waals surface area (Å²) in [6.45, 7) is 4.91. The molecule has 0 aromatic rings. The lowest BCUT2D eigenvalue weighted by Crippen LogP contribution is -2.46.